The lowest BCUT2D eigenvalue weighted by molar-refractivity contribution is -0.158. The molecule has 1 aromatic heterocycles. The minimum Gasteiger partial charge on any atom is -0.465 e. The van der Waals surface area contributed by atoms with Crippen LogP contribution in [0.1, 0.15) is 37.5 Å². The highest BCUT2D eigenvalue weighted by Crippen LogP contribution is 2.53. The first-order valence-electron chi connectivity index (χ1n) is 9.63. The van der Waals surface area contributed by atoms with Crippen molar-refractivity contribution < 1.29 is 19.1 Å². The zero-order valence-corrected chi connectivity index (χ0v) is 16.9. The highest BCUT2D eigenvalue weighted by atomic mass is 32.1. The Kier molecular flexibility index (Phi) is 6.34. The van der Waals surface area contributed by atoms with Crippen LogP contribution in [0, 0.1) is 11.3 Å². The summed E-state index contributed by atoms with van der Waals surface area (Å²) in [5, 5.41) is 4.82. The van der Waals surface area contributed by atoms with E-state index in [9.17, 15) is 14.4 Å². The maximum absolute atomic E-state index is 13.2. The Hall–Kier alpha value is -2.41. The molecule has 0 unspecified atom stereocenters. The normalized spacial score (nSPS) is 23.8. The molecule has 1 aliphatic carbocycles. The van der Waals surface area contributed by atoms with Crippen molar-refractivity contribution in [3.05, 3.63) is 46.8 Å². The van der Waals surface area contributed by atoms with Gasteiger partial charge in [-0.05, 0) is 37.6 Å². The molecule has 0 bridgehead atoms. The molecule has 0 aromatic carbocycles. The van der Waals surface area contributed by atoms with E-state index in [4.69, 9.17) is 4.74 Å². The van der Waals surface area contributed by atoms with E-state index >= 15 is 0 Å². The van der Waals surface area contributed by atoms with Crippen LogP contribution < -0.4 is 5.32 Å². The molecule has 6 nitrogen and oxygen atoms in total. The number of allylic oxidation sites excluding steroid dienone is 1. The van der Waals surface area contributed by atoms with Gasteiger partial charge in [0.2, 0.25) is 11.8 Å². The minimum atomic E-state index is -1.07. The summed E-state index contributed by atoms with van der Waals surface area (Å²) in [6.07, 6.45) is 5.65. The van der Waals surface area contributed by atoms with Crippen LogP contribution in [0.5, 0.6) is 0 Å². The molecule has 2 heterocycles. The first-order chi connectivity index (χ1) is 13.5. The van der Waals surface area contributed by atoms with E-state index in [1.807, 2.05) is 23.6 Å². The number of amides is 2. The molecule has 0 spiro atoms. The highest BCUT2D eigenvalue weighted by Gasteiger charge is 2.61. The quantitative estimate of drug-likeness (QED) is 0.536. The van der Waals surface area contributed by atoms with E-state index in [0.29, 0.717) is 25.2 Å². The smallest absolute Gasteiger partial charge is 0.318 e. The molecule has 2 aliphatic rings. The van der Waals surface area contributed by atoms with Gasteiger partial charge in [-0.25, -0.2) is 0 Å². The number of hydrogen-bond acceptors (Lipinski definition) is 5. The molecular formula is C21H26N2O4S. The number of rotatable bonds is 8. The van der Waals surface area contributed by atoms with E-state index in [1.54, 1.807) is 29.2 Å². The third-order valence-electron chi connectivity index (χ3n) is 5.40. The van der Waals surface area contributed by atoms with Gasteiger partial charge >= 0.3 is 5.97 Å². The van der Waals surface area contributed by atoms with Crippen molar-refractivity contribution in [3.8, 4) is 0 Å². The van der Waals surface area contributed by atoms with Crippen molar-refractivity contribution in [2.75, 3.05) is 13.2 Å². The van der Waals surface area contributed by atoms with Crippen molar-refractivity contribution >= 4 is 29.1 Å². The minimum absolute atomic E-state index is 0.0337. The average Bonchev–Trinajstić information content (AvgIpc) is 3.29. The predicted octanol–water partition coefficient (Wildman–Crippen LogP) is 3.02. The number of nitrogens with zero attached hydrogens (tertiary/aromatic N) is 1. The van der Waals surface area contributed by atoms with E-state index in [1.165, 1.54) is 0 Å². The van der Waals surface area contributed by atoms with Gasteiger partial charge in [-0.2, -0.15) is 0 Å². The van der Waals surface area contributed by atoms with Crippen molar-refractivity contribution in [2.24, 2.45) is 11.3 Å². The molecule has 2 amide bonds. The number of hydrogen-bond donors (Lipinski definition) is 1. The first-order valence-corrected chi connectivity index (χ1v) is 10.5. The van der Waals surface area contributed by atoms with Crippen molar-refractivity contribution in [3.63, 3.8) is 0 Å². The van der Waals surface area contributed by atoms with Crippen molar-refractivity contribution in [1.29, 1.82) is 0 Å². The van der Waals surface area contributed by atoms with E-state index < -0.39 is 17.3 Å². The molecule has 2 atom stereocenters. The Bertz CT molecular complexity index is 786. The predicted molar refractivity (Wildman–Crippen MR) is 107 cm³/mol. The van der Waals surface area contributed by atoms with Gasteiger partial charge < -0.3 is 15.0 Å². The molecule has 1 aromatic rings. The molecule has 1 fully saturated rings. The Morgan fingerprint density at radius 1 is 1.50 bits per heavy atom. The highest BCUT2D eigenvalue weighted by molar-refractivity contribution is 7.09. The maximum Gasteiger partial charge on any atom is 0.318 e. The van der Waals surface area contributed by atoms with Crippen molar-refractivity contribution in [1.82, 2.24) is 10.2 Å². The van der Waals surface area contributed by atoms with Gasteiger partial charge in [0.25, 0.3) is 0 Å². The van der Waals surface area contributed by atoms with Crippen molar-refractivity contribution in [2.45, 2.75) is 39.2 Å². The lowest BCUT2D eigenvalue weighted by Crippen LogP contribution is -2.43. The topological polar surface area (TPSA) is 75.7 Å². The number of carbonyl (C=O) groups is 3. The van der Waals surface area contributed by atoms with Crippen LogP contribution in [0.25, 0.3) is 0 Å². The average molecular weight is 403 g/mol. The van der Waals surface area contributed by atoms with Gasteiger partial charge in [0.15, 0.2) is 0 Å². The number of ether oxygens (including phenoxy) is 1. The monoisotopic (exact) mass is 402 g/mol. The molecule has 1 aliphatic heterocycles. The van der Waals surface area contributed by atoms with E-state index in [2.05, 4.69) is 11.9 Å². The lowest BCUT2D eigenvalue weighted by atomic mass is 9.68. The van der Waals surface area contributed by atoms with Gasteiger partial charge in [0, 0.05) is 23.5 Å². The Morgan fingerprint density at radius 3 is 3.00 bits per heavy atom. The second kappa shape index (κ2) is 8.73. The molecule has 28 heavy (non-hydrogen) atoms. The third kappa shape index (κ3) is 3.63. The largest absolute Gasteiger partial charge is 0.465 e. The maximum atomic E-state index is 13.2. The first kappa shape index (κ1) is 20.3. The summed E-state index contributed by atoms with van der Waals surface area (Å²) in [5.41, 5.74) is -0.396. The van der Waals surface area contributed by atoms with Gasteiger partial charge in [-0.1, -0.05) is 18.2 Å². The number of carbonyl (C=O) groups excluding carboxylic acids is 3. The van der Waals surface area contributed by atoms with E-state index in [-0.39, 0.29) is 24.8 Å². The zero-order chi connectivity index (χ0) is 20.1. The van der Waals surface area contributed by atoms with Gasteiger partial charge in [0.1, 0.15) is 5.41 Å². The van der Waals surface area contributed by atoms with Crippen LogP contribution in [0.3, 0.4) is 0 Å². The van der Waals surface area contributed by atoms with E-state index in [0.717, 1.165) is 17.7 Å². The van der Waals surface area contributed by atoms with Gasteiger partial charge in [-0.15, -0.1) is 17.9 Å². The summed E-state index contributed by atoms with van der Waals surface area (Å²) in [7, 11) is 0. The summed E-state index contributed by atoms with van der Waals surface area (Å²) in [5.74, 6) is -1.59. The van der Waals surface area contributed by atoms with Crippen LogP contribution in [0.4, 0.5) is 0 Å². The molecule has 150 valence electrons. The Balaban J connectivity index is 1.87. The number of esters is 1. The number of thiophene rings is 1. The fourth-order valence-corrected chi connectivity index (χ4v) is 4.84. The molecule has 0 saturated carbocycles. The second-order valence-corrected chi connectivity index (χ2v) is 8.06. The summed E-state index contributed by atoms with van der Waals surface area (Å²) in [4.78, 5) is 41.5. The number of likely N-dealkylation sites (tertiary alicyclic amines) is 1. The summed E-state index contributed by atoms with van der Waals surface area (Å²) < 4.78 is 5.38. The molecule has 1 N–H and O–H groups in total. The number of fused-ring (bicyclic) bond motifs is 1. The van der Waals surface area contributed by atoms with Crippen LogP contribution in [0.15, 0.2) is 41.9 Å². The molecule has 0 radical (unpaired) electrons. The Morgan fingerprint density at radius 2 is 2.32 bits per heavy atom. The molecular weight excluding hydrogens is 376 g/mol. The fourth-order valence-electron chi connectivity index (χ4n) is 4.20. The van der Waals surface area contributed by atoms with Crippen LogP contribution in [-0.2, 0) is 25.7 Å². The van der Waals surface area contributed by atoms with Crippen LogP contribution in [0.2, 0.25) is 0 Å². The summed E-state index contributed by atoms with van der Waals surface area (Å²) in [6, 6.07) is 3.87. The van der Waals surface area contributed by atoms with Crippen LogP contribution >= 0.6 is 11.3 Å². The van der Waals surface area contributed by atoms with Crippen LogP contribution in [-0.4, -0.2) is 35.8 Å². The Labute approximate surface area is 169 Å². The fraction of sp³-hybridized carbons (Fsp3) is 0.476. The standard InChI is InChI=1S/C21H26N2O4S/c1-3-11-23-17-9-5-6-10-21(17,20(26)27-4-2)16(19(23)25)13-18(24)22-14-15-8-7-12-28-15/h3,7-9,12,16H,1,4-6,10-11,13-14H2,2H3,(H,22,24)/t16-,21-/m0/s1. The summed E-state index contributed by atoms with van der Waals surface area (Å²) >= 11 is 1.56. The number of nitrogens with one attached hydrogen (secondary N) is 1. The lowest BCUT2D eigenvalue weighted by Gasteiger charge is -2.35. The third-order valence-corrected chi connectivity index (χ3v) is 6.28. The van der Waals surface area contributed by atoms with Gasteiger partial charge in [0.05, 0.1) is 19.1 Å². The van der Waals surface area contributed by atoms with Gasteiger partial charge in [-0.3, -0.25) is 14.4 Å². The molecule has 1 saturated heterocycles. The SMILES string of the molecule is C=CCN1C(=O)[C@H](CC(=O)NCc2cccs2)[C@@]2(C(=O)OCC)CCCC=C12. The molecule has 7 heteroatoms. The summed E-state index contributed by atoms with van der Waals surface area (Å²) in [6.45, 7) is 6.46. The second-order valence-electron chi connectivity index (χ2n) is 7.02. The zero-order valence-electron chi connectivity index (χ0n) is 16.1. The molecule has 3 rings (SSSR count).